The van der Waals surface area contributed by atoms with E-state index in [0.717, 1.165) is 11.4 Å². The van der Waals surface area contributed by atoms with E-state index in [1.54, 1.807) is 0 Å². The van der Waals surface area contributed by atoms with Crippen molar-refractivity contribution in [1.29, 1.82) is 0 Å². The van der Waals surface area contributed by atoms with E-state index in [1.165, 1.54) is 11.8 Å². The minimum Gasteiger partial charge on any atom is -0.396 e. The van der Waals surface area contributed by atoms with Gasteiger partial charge in [-0.25, -0.2) is 0 Å². The first-order valence-electron chi connectivity index (χ1n) is 7.43. The van der Waals surface area contributed by atoms with Gasteiger partial charge in [0.25, 0.3) is 0 Å². The summed E-state index contributed by atoms with van der Waals surface area (Å²) in [6.07, 6.45) is 0. The van der Waals surface area contributed by atoms with Gasteiger partial charge in [-0.1, -0.05) is 48.2 Å². The first-order valence-corrected chi connectivity index (χ1v) is 8.42. The molecule has 3 N–H and O–H groups in total. The van der Waals surface area contributed by atoms with Gasteiger partial charge >= 0.3 is 0 Å². The average Bonchev–Trinajstić information content (AvgIpc) is 2.62. The highest BCUT2D eigenvalue weighted by atomic mass is 32.2. The average molecular weight is 339 g/mol. The quantitative estimate of drug-likeness (QED) is 0.667. The zero-order chi connectivity index (χ0) is 16.8. The van der Waals surface area contributed by atoms with Crippen molar-refractivity contribution in [3.05, 3.63) is 60.7 Å². The molecule has 6 nitrogen and oxygen atoms in total. The minimum absolute atomic E-state index is 0.0483. The van der Waals surface area contributed by atoms with E-state index in [4.69, 9.17) is 10.8 Å². The second-order valence-electron chi connectivity index (χ2n) is 4.85. The molecular weight excluding hydrogens is 322 g/mol. The number of nitrogens with two attached hydrogens (primary N) is 1. The van der Waals surface area contributed by atoms with Gasteiger partial charge in [0.15, 0.2) is 5.16 Å². The summed E-state index contributed by atoms with van der Waals surface area (Å²) >= 11 is 1.34. The Kier molecular flexibility index (Phi) is 5.25. The molecule has 0 bridgehead atoms. The lowest BCUT2D eigenvalue weighted by molar-refractivity contribution is 0.322. The molecule has 3 aromatic rings. The second-order valence-corrected chi connectivity index (χ2v) is 5.92. The van der Waals surface area contributed by atoms with Crippen molar-refractivity contribution in [3.63, 3.8) is 0 Å². The van der Waals surface area contributed by atoms with Crippen LogP contribution in [0, 0.1) is 0 Å². The van der Waals surface area contributed by atoms with Crippen molar-refractivity contribution in [1.82, 2.24) is 15.0 Å². The lowest BCUT2D eigenvalue weighted by atomic mass is 10.2. The Hall–Kier alpha value is -2.64. The number of aliphatic hydroxyl groups is 1. The first kappa shape index (κ1) is 16.2. The van der Waals surface area contributed by atoms with Crippen LogP contribution in [-0.4, -0.2) is 32.4 Å². The largest absolute Gasteiger partial charge is 0.396 e. The summed E-state index contributed by atoms with van der Waals surface area (Å²) in [5.74, 6) is 1.09. The predicted octanol–water partition coefficient (Wildman–Crippen LogP) is 3.01. The Labute approximate surface area is 144 Å². The molecule has 24 heavy (non-hydrogen) atoms. The molecule has 1 aromatic heterocycles. The normalized spacial score (nSPS) is 10.5. The fourth-order valence-electron chi connectivity index (χ4n) is 2.20. The topological polar surface area (TPSA) is 88.2 Å². The molecule has 0 saturated carbocycles. The second kappa shape index (κ2) is 7.76. The van der Waals surface area contributed by atoms with Crippen LogP contribution in [0.5, 0.6) is 0 Å². The number of aromatic nitrogens is 3. The van der Waals surface area contributed by atoms with Crippen molar-refractivity contribution in [3.8, 4) is 0 Å². The van der Waals surface area contributed by atoms with Crippen LogP contribution in [0.1, 0.15) is 0 Å². The number of para-hydroxylation sites is 2. The molecule has 3 rings (SSSR count). The van der Waals surface area contributed by atoms with E-state index < -0.39 is 0 Å². The van der Waals surface area contributed by atoms with Crippen LogP contribution < -0.4 is 10.6 Å². The van der Waals surface area contributed by atoms with E-state index in [2.05, 4.69) is 15.0 Å². The Bertz CT molecular complexity index is 746. The highest BCUT2D eigenvalue weighted by molar-refractivity contribution is 7.99. The Morgan fingerprint density at radius 2 is 1.46 bits per heavy atom. The van der Waals surface area contributed by atoms with Gasteiger partial charge in [-0.2, -0.15) is 15.0 Å². The molecule has 1 heterocycles. The van der Waals surface area contributed by atoms with Crippen LogP contribution in [-0.2, 0) is 0 Å². The molecule has 2 aromatic carbocycles. The number of nitrogen functional groups attached to an aromatic ring is 1. The molecule has 0 unspecified atom stereocenters. The standard InChI is InChI=1S/C17H17N5OS/c18-15-19-16(21-17(20-15)24-12-11-23)22(13-7-3-1-4-8-13)14-9-5-2-6-10-14/h1-10,23H,11-12H2,(H2,18,19,20,21). The van der Waals surface area contributed by atoms with Crippen molar-refractivity contribution in [2.75, 3.05) is 23.0 Å². The molecule has 7 heteroatoms. The number of benzene rings is 2. The number of nitrogens with zero attached hydrogens (tertiary/aromatic N) is 4. The van der Waals surface area contributed by atoms with Crippen molar-refractivity contribution < 1.29 is 5.11 Å². The number of hydrogen-bond acceptors (Lipinski definition) is 7. The highest BCUT2D eigenvalue weighted by Crippen LogP contribution is 2.32. The van der Waals surface area contributed by atoms with Crippen molar-refractivity contribution in [2.45, 2.75) is 5.16 Å². The van der Waals surface area contributed by atoms with E-state index >= 15 is 0 Å². The zero-order valence-corrected chi connectivity index (χ0v) is 13.7. The third-order valence-corrected chi connectivity index (χ3v) is 4.00. The van der Waals surface area contributed by atoms with Gasteiger partial charge in [0.2, 0.25) is 11.9 Å². The SMILES string of the molecule is Nc1nc(SCCO)nc(N(c2ccccc2)c2ccccc2)n1. The Balaban J connectivity index is 2.08. The van der Waals surface area contributed by atoms with Gasteiger partial charge < -0.3 is 10.8 Å². The summed E-state index contributed by atoms with van der Waals surface area (Å²) in [4.78, 5) is 14.8. The maximum absolute atomic E-state index is 9.00. The number of thioether (sulfide) groups is 1. The van der Waals surface area contributed by atoms with Gasteiger partial charge in [0, 0.05) is 17.1 Å². The molecular formula is C17H17N5OS. The predicted molar refractivity (Wildman–Crippen MR) is 96.7 cm³/mol. The molecule has 0 saturated heterocycles. The molecule has 0 atom stereocenters. The van der Waals surface area contributed by atoms with E-state index in [1.807, 2.05) is 65.6 Å². The summed E-state index contributed by atoms with van der Waals surface area (Å²) < 4.78 is 0. The lowest BCUT2D eigenvalue weighted by Crippen LogP contribution is -2.15. The van der Waals surface area contributed by atoms with Crippen molar-refractivity contribution >= 4 is 35.0 Å². The van der Waals surface area contributed by atoms with Crippen molar-refractivity contribution in [2.24, 2.45) is 0 Å². The summed E-state index contributed by atoms with van der Waals surface area (Å²) in [6.45, 7) is 0.0483. The van der Waals surface area contributed by atoms with E-state index in [0.29, 0.717) is 16.9 Å². The molecule has 0 fully saturated rings. The third kappa shape index (κ3) is 3.81. The van der Waals surface area contributed by atoms with Gasteiger partial charge in [-0.3, -0.25) is 4.90 Å². The monoisotopic (exact) mass is 339 g/mol. The van der Waals surface area contributed by atoms with Gasteiger partial charge in [0.1, 0.15) is 0 Å². The molecule has 0 aliphatic heterocycles. The molecule has 0 spiro atoms. The van der Waals surface area contributed by atoms with Crippen LogP contribution in [0.25, 0.3) is 0 Å². The lowest BCUT2D eigenvalue weighted by Gasteiger charge is -2.23. The number of aliphatic hydroxyl groups excluding tert-OH is 1. The molecule has 0 aliphatic rings. The number of hydrogen-bond donors (Lipinski definition) is 2. The summed E-state index contributed by atoms with van der Waals surface area (Å²) in [5.41, 5.74) is 7.71. The van der Waals surface area contributed by atoms with Crippen LogP contribution in [0.2, 0.25) is 0 Å². The zero-order valence-electron chi connectivity index (χ0n) is 12.9. The fourth-order valence-corrected chi connectivity index (χ4v) is 2.77. The highest BCUT2D eigenvalue weighted by Gasteiger charge is 2.16. The Morgan fingerprint density at radius 1 is 0.875 bits per heavy atom. The molecule has 0 radical (unpaired) electrons. The summed E-state index contributed by atoms with van der Waals surface area (Å²) in [5, 5.41) is 9.49. The van der Waals surface area contributed by atoms with Crippen LogP contribution in [0.3, 0.4) is 0 Å². The van der Waals surface area contributed by atoms with Gasteiger partial charge in [0.05, 0.1) is 6.61 Å². The van der Waals surface area contributed by atoms with Crippen LogP contribution in [0.15, 0.2) is 65.8 Å². The summed E-state index contributed by atoms with van der Waals surface area (Å²) in [7, 11) is 0. The summed E-state index contributed by atoms with van der Waals surface area (Å²) in [6, 6.07) is 19.7. The van der Waals surface area contributed by atoms with Gasteiger partial charge in [-0.05, 0) is 24.3 Å². The Morgan fingerprint density at radius 3 is 2.00 bits per heavy atom. The van der Waals surface area contributed by atoms with Crippen LogP contribution >= 0.6 is 11.8 Å². The van der Waals surface area contributed by atoms with E-state index in [9.17, 15) is 0 Å². The first-order chi connectivity index (χ1) is 11.8. The molecule has 0 aliphatic carbocycles. The maximum Gasteiger partial charge on any atom is 0.240 e. The van der Waals surface area contributed by atoms with Crippen LogP contribution in [0.4, 0.5) is 23.3 Å². The fraction of sp³-hybridized carbons (Fsp3) is 0.118. The number of rotatable bonds is 6. The third-order valence-electron chi connectivity index (χ3n) is 3.17. The van der Waals surface area contributed by atoms with Gasteiger partial charge in [-0.15, -0.1) is 0 Å². The molecule has 0 amide bonds. The smallest absolute Gasteiger partial charge is 0.240 e. The minimum atomic E-state index is 0.0483. The number of anilines is 4. The molecule has 122 valence electrons. The van der Waals surface area contributed by atoms with E-state index in [-0.39, 0.29) is 12.6 Å². The maximum atomic E-state index is 9.00.